The van der Waals surface area contributed by atoms with Crippen molar-refractivity contribution in [2.24, 2.45) is 11.1 Å². The fraction of sp³-hybridized carbons (Fsp3) is 0.448. The number of fused-ring (bicyclic) bond motifs is 1. The monoisotopic (exact) mass is 577 g/mol. The molecule has 0 spiro atoms. The number of benzene rings is 2. The van der Waals surface area contributed by atoms with Crippen LogP contribution in [0, 0.1) is 22.9 Å². The quantitative estimate of drug-likeness (QED) is 0.197. The molecule has 0 saturated carbocycles. The number of carbonyl (C=O) groups is 1. The predicted octanol–water partition coefficient (Wildman–Crippen LogP) is 5.28. The van der Waals surface area contributed by atoms with Gasteiger partial charge in [0.2, 0.25) is 0 Å². The summed E-state index contributed by atoms with van der Waals surface area (Å²) in [5.74, 6) is -2.90. The number of piperidine rings is 1. The SMILES string of the molecule is COc1ccc2ncc(CN)c(C(O)CCC3(CC(=O)O)CCN(CCSc4cc(F)cc(F)c4F)CC3)c2c1. The maximum atomic E-state index is 13.9. The van der Waals surface area contributed by atoms with E-state index in [0.29, 0.717) is 74.0 Å². The van der Waals surface area contributed by atoms with E-state index in [1.54, 1.807) is 19.4 Å². The molecule has 1 unspecified atom stereocenters. The van der Waals surface area contributed by atoms with E-state index in [0.717, 1.165) is 28.8 Å². The first-order valence-electron chi connectivity index (χ1n) is 13.2. The van der Waals surface area contributed by atoms with Crippen LogP contribution in [-0.2, 0) is 11.3 Å². The van der Waals surface area contributed by atoms with Crippen LogP contribution in [0.3, 0.4) is 0 Å². The van der Waals surface area contributed by atoms with Crippen LogP contribution >= 0.6 is 11.8 Å². The average Bonchev–Trinajstić information content (AvgIpc) is 2.94. The summed E-state index contributed by atoms with van der Waals surface area (Å²) in [6.45, 7) is 2.03. The zero-order chi connectivity index (χ0) is 28.9. The lowest BCUT2D eigenvalue weighted by Gasteiger charge is -2.41. The third-order valence-electron chi connectivity index (χ3n) is 7.77. The normalized spacial score (nSPS) is 16.2. The molecule has 0 aliphatic carbocycles. The number of halogens is 3. The molecule has 1 aliphatic heterocycles. The number of methoxy groups -OCH3 is 1. The second-order valence-electron chi connectivity index (χ2n) is 10.3. The Labute approximate surface area is 235 Å². The first-order chi connectivity index (χ1) is 19.1. The largest absolute Gasteiger partial charge is 0.497 e. The second-order valence-corrected chi connectivity index (χ2v) is 11.4. The highest BCUT2D eigenvalue weighted by Crippen LogP contribution is 2.42. The molecule has 3 aromatic rings. The summed E-state index contributed by atoms with van der Waals surface area (Å²) < 4.78 is 46.2. The summed E-state index contributed by atoms with van der Waals surface area (Å²) >= 11 is 1.05. The lowest BCUT2D eigenvalue weighted by molar-refractivity contribution is -0.141. The summed E-state index contributed by atoms with van der Waals surface area (Å²) in [6.07, 6.45) is 2.90. The van der Waals surface area contributed by atoms with E-state index < -0.39 is 34.9 Å². The number of pyridine rings is 1. The molecular weight excluding hydrogens is 543 g/mol. The molecule has 2 heterocycles. The third kappa shape index (κ3) is 7.06. The molecule has 1 aromatic heterocycles. The zero-order valence-electron chi connectivity index (χ0n) is 22.3. The van der Waals surface area contributed by atoms with Crippen molar-refractivity contribution in [3.63, 3.8) is 0 Å². The number of aliphatic hydroxyl groups excluding tert-OH is 1. The average molecular weight is 578 g/mol. The van der Waals surface area contributed by atoms with E-state index in [9.17, 15) is 28.2 Å². The molecule has 0 amide bonds. The Bertz CT molecular complexity index is 1350. The maximum absolute atomic E-state index is 13.9. The van der Waals surface area contributed by atoms with Gasteiger partial charge in [0.15, 0.2) is 11.6 Å². The molecule has 1 fully saturated rings. The molecule has 1 aliphatic rings. The maximum Gasteiger partial charge on any atom is 0.303 e. The van der Waals surface area contributed by atoms with Crippen molar-refractivity contribution in [1.82, 2.24) is 9.88 Å². The number of aliphatic carboxylic acids is 1. The number of nitrogens with two attached hydrogens (primary N) is 1. The van der Waals surface area contributed by atoms with Crippen LogP contribution in [0.15, 0.2) is 41.4 Å². The number of aliphatic hydroxyl groups is 1. The first-order valence-corrected chi connectivity index (χ1v) is 14.2. The standard InChI is InChI=1S/C29H34F3N3O4S/c1-39-20-2-3-23-21(14-20)27(18(16-33)17-34-23)24(36)4-5-29(15-26(37)38)6-8-35(9-7-29)10-11-40-25-13-19(30)12-22(31)28(25)32/h2-3,12-14,17,24,36H,4-11,15-16,33H2,1H3,(H,37,38). The van der Waals surface area contributed by atoms with Crippen molar-refractivity contribution in [1.29, 1.82) is 0 Å². The van der Waals surface area contributed by atoms with Crippen LogP contribution in [-0.4, -0.2) is 58.6 Å². The van der Waals surface area contributed by atoms with E-state index in [-0.39, 0.29) is 17.9 Å². The van der Waals surface area contributed by atoms with Gasteiger partial charge in [-0.05, 0) is 79.6 Å². The molecule has 0 radical (unpaired) electrons. The second kappa shape index (κ2) is 13.2. The van der Waals surface area contributed by atoms with Gasteiger partial charge in [0.05, 0.1) is 25.2 Å². The number of nitrogens with zero attached hydrogens (tertiary/aromatic N) is 2. The van der Waals surface area contributed by atoms with Gasteiger partial charge >= 0.3 is 5.97 Å². The molecule has 216 valence electrons. The van der Waals surface area contributed by atoms with Gasteiger partial charge in [0.25, 0.3) is 0 Å². The highest BCUT2D eigenvalue weighted by molar-refractivity contribution is 7.99. The predicted molar refractivity (Wildman–Crippen MR) is 148 cm³/mol. The van der Waals surface area contributed by atoms with Crippen LogP contribution in [0.2, 0.25) is 0 Å². The van der Waals surface area contributed by atoms with Crippen molar-refractivity contribution >= 4 is 28.6 Å². The highest BCUT2D eigenvalue weighted by atomic mass is 32.2. The van der Waals surface area contributed by atoms with Crippen molar-refractivity contribution in [2.45, 2.75) is 49.6 Å². The lowest BCUT2D eigenvalue weighted by Crippen LogP contribution is -2.42. The molecule has 7 nitrogen and oxygen atoms in total. The number of ether oxygens (including phenoxy) is 1. The van der Waals surface area contributed by atoms with Crippen LogP contribution in [0.25, 0.3) is 10.9 Å². The van der Waals surface area contributed by atoms with Gasteiger partial charge in [-0.3, -0.25) is 9.78 Å². The Morgan fingerprint density at radius 2 is 1.98 bits per heavy atom. The fourth-order valence-corrected chi connectivity index (χ4v) is 6.50. The minimum atomic E-state index is -1.21. The molecule has 2 aromatic carbocycles. The third-order valence-corrected chi connectivity index (χ3v) is 8.76. The fourth-order valence-electron chi connectivity index (χ4n) is 5.51. The molecular formula is C29H34F3N3O4S. The van der Waals surface area contributed by atoms with Gasteiger partial charge in [-0.15, -0.1) is 11.8 Å². The molecule has 11 heteroatoms. The molecule has 0 bridgehead atoms. The summed E-state index contributed by atoms with van der Waals surface area (Å²) in [5.41, 5.74) is 7.60. The van der Waals surface area contributed by atoms with Gasteiger partial charge in [-0.2, -0.15) is 0 Å². The summed E-state index contributed by atoms with van der Waals surface area (Å²) in [5, 5.41) is 21.8. The molecule has 4 rings (SSSR count). The van der Waals surface area contributed by atoms with E-state index in [2.05, 4.69) is 9.88 Å². The van der Waals surface area contributed by atoms with Crippen molar-refractivity contribution in [3.8, 4) is 5.75 Å². The van der Waals surface area contributed by atoms with Crippen molar-refractivity contribution in [2.75, 3.05) is 32.5 Å². The molecule has 4 N–H and O–H groups in total. The van der Waals surface area contributed by atoms with Gasteiger partial charge in [0.1, 0.15) is 11.6 Å². The highest BCUT2D eigenvalue weighted by Gasteiger charge is 2.37. The number of carboxylic acid groups (broad SMARTS) is 1. The zero-order valence-corrected chi connectivity index (χ0v) is 23.2. The number of thioether (sulfide) groups is 1. The van der Waals surface area contributed by atoms with Gasteiger partial charge < -0.3 is 25.6 Å². The number of rotatable bonds is 12. The number of hydrogen-bond acceptors (Lipinski definition) is 7. The Morgan fingerprint density at radius 1 is 1.23 bits per heavy atom. The minimum Gasteiger partial charge on any atom is -0.497 e. The van der Waals surface area contributed by atoms with Crippen molar-refractivity contribution in [3.05, 3.63) is 65.1 Å². The summed E-state index contributed by atoms with van der Waals surface area (Å²) in [4.78, 5) is 18.3. The first kappa shape index (κ1) is 30.1. The van der Waals surface area contributed by atoms with Crippen LogP contribution < -0.4 is 10.5 Å². The summed E-state index contributed by atoms with van der Waals surface area (Å²) in [6, 6.07) is 6.96. The Balaban J connectivity index is 1.41. The summed E-state index contributed by atoms with van der Waals surface area (Å²) in [7, 11) is 1.57. The van der Waals surface area contributed by atoms with E-state index in [4.69, 9.17) is 10.5 Å². The Hall–Kier alpha value is -2.86. The van der Waals surface area contributed by atoms with E-state index in [1.807, 2.05) is 12.1 Å². The van der Waals surface area contributed by atoms with Gasteiger partial charge in [-0.25, -0.2) is 13.2 Å². The van der Waals surface area contributed by atoms with Crippen LogP contribution in [0.4, 0.5) is 13.2 Å². The van der Waals surface area contributed by atoms with Crippen molar-refractivity contribution < 1.29 is 32.9 Å². The number of likely N-dealkylation sites (tertiary alicyclic amines) is 1. The molecule has 40 heavy (non-hydrogen) atoms. The molecule has 1 atom stereocenters. The number of aromatic nitrogens is 1. The minimum absolute atomic E-state index is 0.00917. The smallest absolute Gasteiger partial charge is 0.303 e. The lowest BCUT2D eigenvalue weighted by atomic mass is 9.71. The number of carboxylic acids is 1. The van der Waals surface area contributed by atoms with Gasteiger partial charge in [-0.1, -0.05) is 0 Å². The number of hydrogen-bond donors (Lipinski definition) is 3. The topological polar surface area (TPSA) is 109 Å². The van der Waals surface area contributed by atoms with Crippen LogP contribution in [0.1, 0.15) is 49.3 Å². The Morgan fingerprint density at radius 3 is 2.65 bits per heavy atom. The van der Waals surface area contributed by atoms with E-state index >= 15 is 0 Å². The van der Waals surface area contributed by atoms with Gasteiger partial charge in [0, 0.05) is 41.4 Å². The van der Waals surface area contributed by atoms with Crippen LogP contribution in [0.5, 0.6) is 5.75 Å². The molecule has 1 saturated heterocycles. The Kier molecular flexibility index (Phi) is 9.94. The van der Waals surface area contributed by atoms with E-state index in [1.165, 1.54) is 0 Å².